The molecule has 2 aromatic heterocycles. The second kappa shape index (κ2) is 4.41. The summed E-state index contributed by atoms with van der Waals surface area (Å²) in [7, 11) is 0. The molecule has 18 heavy (non-hydrogen) atoms. The van der Waals surface area contributed by atoms with Crippen LogP contribution >= 0.6 is 11.3 Å². The lowest BCUT2D eigenvalue weighted by molar-refractivity contribution is -0.141. The smallest absolute Gasteiger partial charge is 0.304 e. The highest BCUT2D eigenvalue weighted by Gasteiger charge is 2.38. The third-order valence-electron chi connectivity index (χ3n) is 1.99. The Morgan fingerprint density at radius 3 is 2.78 bits per heavy atom. The molecule has 2 N–H and O–H groups in total. The van der Waals surface area contributed by atoms with Crippen LogP contribution < -0.4 is 5.32 Å². The van der Waals surface area contributed by atoms with Crippen LogP contribution in [0, 0.1) is 6.92 Å². The van der Waals surface area contributed by atoms with Crippen molar-refractivity contribution in [2.75, 3.05) is 5.32 Å². The van der Waals surface area contributed by atoms with E-state index in [9.17, 15) is 18.0 Å². The zero-order valence-corrected chi connectivity index (χ0v) is 9.82. The number of thiazole rings is 1. The minimum Gasteiger partial charge on any atom is -0.304 e. The van der Waals surface area contributed by atoms with E-state index in [0.717, 1.165) is 5.51 Å². The number of hydrogen-bond acceptors (Lipinski definition) is 4. The van der Waals surface area contributed by atoms with E-state index in [-0.39, 0.29) is 5.82 Å². The van der Waals surface area contributed by atoms with Crippen molar-refractivity contribution in [2.24, 2.45) is 0 Å². The summed E-state index contributed by atoms with van der Waals surface area (Å²) in [5.41, 5.74) is 0.482. The quantitative estimate of drug-likeness (QED) is 0.885. The molecule has 2 aromatic rings. The summed E-state index contributed by atoms with van der Waals surface area (Å²) >= 11 is 0.629. The van der Waals surface area contributed by atoms with Crippen molar-refractivity contribution in [3.8, 4) is 0 Å². The Hall–Kier alpha value is -1.90. The van der Waals surface area contributed by atoms with Gasteiger partial charge in [-0.15, -0.1) is 11.3 Å². The van der Waals surface area contributed by atoms with Crippen molar-refractivity contribution in [1.29, 1.82) is 0 Å². The molecule has 1 amide bonds. The van der Waals surface area contributed by atoms with E-state index in [1.54, 1.807) is 6.92 Å². The van der Waals surface area contributed by atoms with Crippen molar-refractivity contribution in [3.05, 3.63) is 27.8 Å². The molecule has 0 atom stereocenters. The average Bonchev–Trinajstić information content (AvgIpc) is 2.85. The first-order valence-electron chi connectivity index (χ1n) is 4.72. The summed E-state index contributed by atoms with van der Waals surface area (Å²) in [6.07, 6.45) is -4.64. The molecule has 5 nitrogen and oxygen atoms in total. The maximum absolute atomic E-state index is 12.5. The van der Waals surface area contributed by atoms with Crippen molar-refractivity contribution >= 4 is 23.1 Å². The third-order valence-corrected chi connectivity index (χ3v) is 2.81. The zero-order chi connectivity index (χ0) is 13.3. The molecule has 0 aliphatic heterocycles. The van der Waals surface area contributed by atoms with Crippen LogP contribution in [0.5, 0.6) is 0 Å². The fourth-order valence-electron chi connectivity index (χ4n) is 1.26. The highest BCUT2D eigenvalue weighted by molar-refractivity contribution is 7.12. The zero-order valence-electron chi connectivity index (χ0n) is 9.00. The first-order chi connectivity index (χ1) is 8.38. The number of anilines is 1. The molecule has 0 aliphatic carbocycles. The standard InChI is InChI=1S/C9H7F3N4OS/c1-4-2-5(16-15-4)14-8(17)6-7(9(10,11)12)13-3-18-6/h2-3H,1H3,(H2,14,15,16,17). The summed E-state index contributed by atoms with van der Waals surface area (Å²) in [6, 6.07) is 1.51. The largest absolute Gasteiger partial charge is 0.434 e. The van der Waals surface area contributed by atoms with Gasteiger partial charge in [-0.3, -0.25) is 9.89 Å². The van der Waals surface area contributed by atoms with Crippen LogP contribution in [0.15, 0.2) is 11.6 Å². The fraction of sp³-hybridized carbons (Fsp3) is 0.222. The van der Waals surface area contributed by atoms with E-state index < -0.39 is 22.7 Å². The van der Waals surface area contributed by atoms with Gasteiger partial charge in [0.05, 0.1) is 5.51 Å². The minimum atomic E-state index is -4.64. The van der Waals surface area contributed by atoms with Gasteiger partial charge in [0.2, 0.25) is 0 Å². The minimum absolute atomic E-state index is 0.166. The van der Waals surface area contributed by atoms with Crippen LogP contribution in [-0.2, 0) is 6.18 Å². The van der Waals surface area contributed by atoms with Gasteiger partial charge in [-0.05, 0) is 6.92 Å². The number of rotatable bonds is 2. The predicted octanol–water partition coefficient (Wildman–Crippen LogP) is 2.45. The lowest BCUT2D eigenvalue weighted by Crippen LogP contribution is -2.17. The molecule has 0 unspecified atom stereocenters. The van der Waals surface area contributed by atoms with E-state index in [2.05, 4.69) is 20.5 Å². The summed E-state index contributed by atoms with van der Waals surface area (Å²) < 4.78 is 37.6. The first-order valence-corrected chi connectivity index (χ1v) is 5.60. The van der Waals surface area contributed by atoms with Crippen LogP contribution in [0.1, 0.15) is 21.1 Å². The van der Waals surface area contributed by atoms with Gasteiger partial charge < -0.3 is 5.32 Å². The van der Waals surface area contributed by atoms with Gasteiger partial charge in [0.25, 0.3) is 5.91 Å². The van der Waals surface area contributed by atoms with E-state index in [0.29, 0.717) is 17.0 Å². The number of carbonyl (C=O) groups excluding carboxylic acids is 1. The number of H-pyrrole nitrogens is 1. The molecule has 0 fully saturated rings. The molecule has 0 bridgehead atoms. The van der Waals surface area contributed by atoms with Gasteiger partial charge in [-0.25, -0.2) is 4.98 Å². The fourth-order valence-corrected chi connectivity index (χ4v) is 1.97. The summed E-state index contributed by atoms with van der Waals surface area (Å²) in [5, 5.41) is 8.54. The molecule has 96 valence electrons. The Morgan fingerprint density at radius 2 is 2.22 bits per heavy atom. The predicted molar refractivity (Wildman–Crippen MR) is 58.4 cm³/mol. The Balaban J connectivity index is 2.22. The van der Waals surface area contributed by atoms with Crippen LogP contribution in [0.25, 0.3) is 0 Å². The number of hydrogen-bond donors (Lipinski definition) is 2. The van der Waals surface area contributed by atoms with Gasteiger partial charge >= 0.3 is 6.18 Å². The Labute approximate surface area is 103 Å². The number of nitrogens with zero attached hydrogens (tertiary/aromatic N) is 2. The van der Waals surface area contributed by atoms with Gasteiger partial charge in [0.1, 0.15) is 4.88 Å². The van der Waals surface area contributed by atoms with Gasteiger partial charge in [-0.2, -0.15) is 18.3 Å². The van der Waals surface area contributed by atoms with Crippen LogP contribution in [0.3, 0.4) is 0 Å². The normalized spacial score (nSPS) is 11.6. The number of aromatic amines is 1. The average molecular weight is 276 g/mol. The lowest BCUT2D eigenvalue weighted by atomic mass is 10.3. The highest BCUT2D eigenvalue weighted by Crippen LogP contribution is 2.32. The molecule has 2 rings (SSSR count). The number of aryl methyl sites for hydroxylation is 1. The molecule has 0 aromatic carbocycles. The van der Waals surface area contributed by atoms with E-state index >= 15 is 0 Å². The molecular formula is C9H7F3N4OS. The number of aromatic nitrogens is 3. The molecule has 0 spiro atoms. The van der Waals surface area contributed by atoms with E-state index in [1.807, 2.05) is 0 Å². The molecule has 9 heteroatoms. The van der Waals surface area contributed by atoms with Crippen molar-refractivity contribution in [3.63, 3.8) is 0 Å². The van der Waals surface area contributed by atoms with Gasteiger partial charge in [-0.1, -0.05) is 0 Å². The van der Waals surface area contributed by atoms with Crippen molar-refractivity contribution in [2.45, 2.75) is 13.1 Å². The summed E-state index contributed by atoms with van der Waals surface area (Å²) in [4.78, 5) is 14.3. The summed E-state index contributed by atoms with van der Waals surface area (Å²) in [5.74, 6) is -0.713. The van der Waals surface area contributed by atoms with Gasteiger partial charge in [0.15, 0.2) is 11.5 Å². The Bertz CT molecular complexity index is 574. The second-order valence-electron chi connectivity index (χ2n) is 3.42. The molecule has 0 radical (unpaired) electrons. The topological polar surface area (TPSA) is 70.7 Å². The molecule has 2 heterocycles. The van der Waals surface area contributed by atoms with E-state index in [1.165, 1.54) is 6.07 Å². The van der Waals surface area contributed by atoms with Crippen LogP contribution in [-0.4, -0.2) is 21.1 Å². The molecule has 0 saturated carbocycles. The van der Waals surface area contributed by atoms with Crippen molar-refractivity contribution in [1.82, 2.24) is 15.2 Å². The summed E-state index contributed by atoms with van der Waals surface area (Å²) in [6.45, 7) is 1.70. The lowest BCUT2D eigenvalue weighted by Gasteiger charge is -2.05. The van der Waals surface area contributed by atoms with Crippen LogP contribution in [0.2, 0.25) is 0 Å². The monoisotopic (exact) mass is 276 g/mol. The maximum atomic E-state index is 12.5. The number of halogens is 3. The van der Waals surface area contributed by atoms with Gasteiger partial charge in [0, 0.05) is 11.8 Å². The Morgan fingerprint density at radius 1 is 1.50 bits per heavy atom. The molecular weight excluding hydrogens is 269 g/mol. The Kier molecular flexibility index (Phi) is 3.07. The number of nitrogens with one attached hydrogen (secondary N) is 2. The van der Waals surface area contributed by atoms with Crippen molar-refractivity contribution < 1.29 is 18.0 Å². The maximum Gasteiger partial charge on any atom is 0.434 e. The number of alkyl halides is 3. The van der Waals surface area contributed by atoms with E-state index in [4.69, 9.17) is 0 Å². The molecule has 0 aliphatic rings. The SMILES string of the molecule is Cc1cc(NC(=O)c2scnc2C(F)(F)F)n[nH]1. The second-order valence-corrected chi connectivity index (χ2v) is 4.27. The number of carbonyl (C=O) groups is 1. The number of amides is 1. The first kappa shape index (κ1) is 12.6. The molecule has 0 saturated heterocycles. The highest BCUT2D eigenvalue weighted by atomic mass is 32.1. The van der Waals surface area contributed by atoms with Crippen LogP contribution in [0.4, 0.5) is 19.0 Å². The third kappa shape index (κ3) is 2.50.